The van der Waals surface area contributed by atoms with E-state index in [2.05, 4.69) is 47.6 Å². The van der Waals surface area contributed by atoms with Crippen molar-refractivity contribution in [1.82, 2.24) is 14.6 Å². The van der Waals surface area contributed by atoms with Gasteiger partial charge in [0.2, 0.25) is 5.91 Å². The zero-order valence-electron chi connectivity index (χ0n) is 18.1. The standard InChI is InChI=1S/C23H24N4O3S/c1-13-8-14(2)21-16(9-13)10-15(3)22-25-26-23(27(21)22)31-12-20(28)24-18-7-6-17(29-4)11-19(18)30-5/h6-11H,12H2,1-5H3,(H,24,28). The fourth-order valence-corrected chi connectivity index (χ4v) is 4.48. The first-order valence-corrected chi connectivity index (χ1v) is 10.8. The Morgan fingerprint density at radius 3 is 2.58 bits per heavy atom. The lowest BCUT2D eigenvalue weighted by atomic mass is 10.1. The number of aromatic nitrogens is 3. The van der Waals surface area contributed by atoms with Gasteiger partial charge in [-0.05, 0) is 61.5 Å². The zero-order chi connectivity index (χ0) is 22.1. The molecule has 0 fully saturated rings. The second-order valence-electron chi connectivity index (χ2n) is 7.39. The molecule has 4 rings (SSSR count). The van der Waals surface area contributed by atoms with Crippen molar-refractivity contribution in [3.63, 3.8) is 0 Å². The number of carbonyl (C=O) groups excluding carboxylic acids is 1. The monoisotopic (exact) mass is 436 g/mol. The lowest BCUT2D eigenvalue weighted by molar-refractivity contribution is -0.113. The highest BCUT2D eigenvalue weighted by atomic mass is 32.2. The van der Waals surface area contributed by atoms with E-state index < -0.39 is 0 Å². The van der Waals surface area contributed by atoms with Gasteiger partial charge in [-0.15, -0.1) is 10.2 Å². The molecule has 1 amide bonds. The lowest BCUT2D eigenvalue weighted by Gasteiger charge is -2.12. The summed E-state index contributed by atoms with van der Waals surface area (Å²) in [5.74, 6) is 1.23. The summed E-state index contributed by atoms with van der Waals surface area (Å²) in [6.45, 7) is 6.20. The summed E-state index contributed by atoms with van der Waals surface area (Å²) in [7, 11) is 3.14. The quantitative estimate of drug-likeness (QED) is 0.447. The van der Waals surface area contributed by atoms with Crippen LogP contribution in [0.25, 0.3) is 16.6 Å². The summed E-state index contributed by atoms with van der Waals surface area (Å²) >= 11 is 1.35. The van der Waals surface area contributed by atoms with Crippen LogP contribution in [0.3, 0.4) is 0 Å². The van der Waals surface area contributed by atoms with E-state index in [0.717, 1.165) is 27.7 Å². The lowest BCUT2D eigenvalue weighted by Crippen LogP contribution is -2.15. The van der Waals surface area contributed by atoms with Crippen LogP contribution in [-0.2, 0) is 4.79 Å². The second kappa shape index (κ2) is 8.47. The van der Waals surface area contributed by atoms with Crippen molar-refractivity contribution in [3.05, 3.63) is 53.1 Å². The number of thioether (sulfide) groups is 1. The molecule has 31 heavy (non-hydrogen) atoms. The van der Waals surface area contributed by atoms with Gasteiger partial charge in [0.15, 0.2) is 10.8 Å². The topological polar surface area (TPSA) is 77.8 Å². The number of hydrogen-bond acceptors (Lipinski definition) is 6. The molecule has 0 bridgehead atoms. The van der Waals surface area contributed by atoms with E-state index in [1.165, 1.54) is 17.3 Å². The minimum absolute atomic E-state index is 0.158. The molecule has 0 aliphatic heterocycles. The molecule has 0 radical (unpaired) electrons. The number of fused-ring (bicyclic) bond motifs is 3. The molecule has 0 saturated carbocycles. The normalized spacial score (nSPS) is 11.1. The molecule has 4 aromatic rings. The van der Waals surface area contributed by atoms with Crippen LogP contribution in [0.5, 0.6) is 11.5 Å². The number of ether oxygens (including phenoxy) is 2. The van der Waals surface area contributed by atoms with Crippen LogP contribution < -0.4 is 14.8 Å². The number of hydrogen-bond donors (Lipinski definition) is 1. The van der Waals surface area contributed by atoms with Crippen molar-refractivity contribution >= 4 is 39.9 Å². The Hall–Kier alpha value is -3.26. The van der Waals surface area contributed by atoms with Gasteiger partial charge in [-0.3, -0.25) is 9.20 Å². The Bertz CT molecular complexity index is 1300. The van der Waals surface area contributed by atoms with Crippen LogP contribution in [0.1, 0.15) is 16.7 Å². The first-order chi connectivity index (χ1) is 14.9. The van der Waals surface area contributed by atoms with Crippen LogP contribution in [0.2, 0.25) is 0 Å². The van der Waals surface area contributed by atoms with E-state index in [4.69, 9.17) is 9.47 Å². The van der Waals surface area contributed by atoms with Gasteiger partial charge in [-0.25, -0.2) is 0 Å². The van der Waals surface area contributed by atoms with Gasteiger partial charge >= 0.3 is 0 Å². The number of amides is 1. The fraction of sp³-hybridized carbons (Fsp3) is 0.261. The highest BCUT2D eigenvalue weighted by Gasteiger charge is 2.16. The van der Waals surface area contributed by atoms with Crippen LogP contribution in [-0.4, -0.2) is 40.5 Å². The Kier molecular flexibility index (Phi) is 5.73. The van der Waals surface area contributed by atoms with E-state index in [9.17, 15) is 4.79 Å². The predicted molar refractivity (Wildman–Crippen MR) is 124 cm³/mol. The van der Waals surface area contributed by atoms with Crippen LogP contribution in [0, 0.1) is 20.8 Å². The smallest absolute Gasteiger partial charge is 0.234 e. The summed E-state index contributed by atoms with van der Waals surface area (Å²) in [6.07, 6.45) is 0. The number of anilines is 1. The van der Waals surface area contributed by atoms with Gasteiger partial charge in [0.05, 0.1) is 31.2 Å². The average molecular weight is 437 g/mol. The van der Waals surface area contributed by atoms with Gasteiger partial charge in [-0.2, -0.15) is 0 Å². The minimum atomic E-state index is -0.158. The summed E-state index contributed by atoms with van der Waals surface area (Å²) in [5.41, 5.74) is 5.86. The molecule has 0 aliphatic carbocycles. The molecule has 160 valence electrons. The molecule has 0 aliphatic rings. The maximum atomic E-state index is 12.6. The average Bonchev–Trinajstić information content (AvgIpc) is 3.16. The Morgan fingerprint density at radius 2 is 1.84 bits per heavy atom. The van der Waals surface area contributed by atoms with E-state index in [1.807, 2.05) is 11.3 Å². The van der Waals surface area contributed by atoms with Crippen molar-refractivity contribution in [2.75, 3.05) is 25.3 Å². The molecule has 0 atom stereocenters. The molecule has 0 saturated heterocycles. The van der Waals surface area contributed by atoms with E-state index in [-0.39, 0.29) is 11.7 Å². The van der Waals surface area contributed by atoms with Gasteiger partial charge in [0.1, 0.15) is 11.5 Å². The van der Waals surface area contributed by atoms with Gasteiger partial charge in [0.25, 0.3) is 0 Å². The maximum absolute atomic E-state index is 12.6. The largest absolute Gasteiger partial charge is 0.497 e. The highest BCUT2D eigenvalue weighted by molar-refractivity contribution is 7.99. The molecule has 0 spiro atoms. The minimum Gasteiger partial charge on any atom is -0.497 e. The summed E-state index contributed by atoms with van der Waals surface area (Å²) in [4.78, 5) is 12.6. The molecule has 0 unspecified atom stereocenters. The highest BCUT2D eigenvalue weighted by Crippen LogP contribution is 2.31. The zero-order valence-corrected chi connectivity index (χ0v) is 19.0. The van der Waals surface area contributed by atoms with Crippen molar-refractivity contribution < 1.29 is 14.3 Å². The number of aryl methyl sites for hydroxylation is 3. The summed E-state index contributed by atoms with van der Waals surface area (Å²) in [5, 5.41) is 13.4. The molecule has 7 nitrogen and oxygen atoms in total. The first kappa shape index (κ1) is 21.0. The number of pyridine rings is 1. The maximum Gasteiger partial charge on any atom is 0.234 e. The summed E-state index contributed by atoms with van der Waals surface area (Å²) in [6, 6.07) is 11.7. The van der Waals surface area contributed by atoms with Crippen LogP contribution in [0.15, 0.2) is 41.6 Å². The molecule has 2 heterocycles. The van der Waals surface area contributed by atoms with Crippen LogP contribution in [0.4, 0.5) is 5.69 Å². The first-order valence-electron chi connectivity index (χ1n) is 9.81. The van der Waals surface area contributed by atoms with E-state index in [0.29, 0.717) is 22.3 Å². The van der Waals surface area contributed by atoms with Gasteiger partial charge in [-0.1, -0.05) is 23.4 Å². The van der Waals surface area contributed by atoms with Gasteiger partial charge < -0.3 is 14.8 Å². The van der Waals surface area contributed by atoms with Crippen LogP contribution >= 0.6 is 11.8 Å². The number of nitrogens with zero attached hydrogens (tertiary/aromatic N) is 3. The Morgan fingerprint density at radius 1 is 1.03 bits per heavy atom. The molecule has 2 aromatic carbocycles. The molecular formula is C23H24N4O3S. The van der Waals surface area contributed by atoms with E-state index >= 15 is 0 Å². The van der Waals surface area contributed by atoms with Crippen molar-refractivity contribution in [3.8, 4) is 11.5 Å². The SMILES string of the molecule is COc1ccc(NC(=O)CSc2nnc3c(C)cc4cc(C)cc(C)c4n23)c(OC)c1. The predicted octanol–water partition coefficient (Wildman–Crippen LogP) is 4.56. The third kappa shape index (κ3) is 4.03. The van der Waals surface area contributed by atoms with E-state index in [1.54, 1.807) is 32.4 Å². The number of methoxy groups -OCH3 is 2. The summed E-state index contributed by atoms with van der Waals surface area (Å²) < 4.78 is 12.6. The number of carbonyl (C=O) groups is 1. The molecular weight excluding hydrogens is 412 g/mol. The Labute approximate surface area is 184 Å². The number of rotatable bonds is 6. The molecule has 8 heteroatoms. The third-order valence-corrected chi connectivity index (χ3v) is 6.00. The van der Waals surface area contributed by atoms with Crippen molar-refractivity contribution in [2.45, 2.75) is 25.9 Å². The molecule has 1 N–H and O–H groups in total. The van der Waals surface area contributed by atoms with Crippen molar-refractivity contribution in [1.29, 1.82) is 0 Å². The fourth-order valence-electron chi connectivity index (χ4n) is 3.74. The third-order valence-electron chi connectivity index (χ3n) is 5.07. The van der Waals surface area contributed by atoms with Crippen molar-refractivity contribution in [2.24, 2.45) is 0 Å². The Balaban J connectivity index is 1.61. The van der Waals surface area contributed by atoms with Gasteiger partial charge in [0, 0.05) is 6.07 Å². The molecule has 2 aromatic heterocycles. The second-order valence-corrected chi connectivity index (χ2v) is 8.33. The number of benzene rings is 2. The number of nitrogens with one attached hydrogen (secondary N) is 1.